The van der Waals surface area contributed by atoms with E-state index in [0.717, 1.165) is 28.3 Å². The molecule has 136 valence electrons. The summed E-state index contributed by atoms with van der Waals surface area (Å²) in [5.41, 5.74) is 2.50. The fourth-order valence-electron chi connectivity index (χ4n) is 4.06. The molecule has 0 radical (unpaired) electrons. The maximum absolute atomic E-state index is 13.2. The number of rotatable bonds is 3. The normalized spacial score (nSPS) is 21.4. The van der Waals surface area contributed by atoms with Crippen molar-refractivity contribution in [1.29, 1.82) is 0 Å². The van der Waals surface area contributed by atoms with E-state index in [1.54, 1.807) is 18.1 Å². The maximum Gasteiger partial charge on any atom is 0.226 e. The lowest BCUT2D eigenvalue weighted by Gasteiger charge is -2.34. The van der Waals surface area contributed by atoms with Gasteiger partial charge in [-0.3, -0.25) is 4.79 Å². The van der Waals surface area contributed by atoms with E-state index in [-0.39, 0.29) is 17.7 Å². The Bertz CT molecular complexity index is 1040. The third kappa shape index (κ3) is 2.46. The largest absolute Gasteiger partial charge is 0.496 e. The molecule has 0 saturated heterocycles. The molecule has 1 N–H and O–H groups in total. The van der Waals surface area contributed by atoms with Crippen molar-refractivity contribution in [3.8, 4) is 5.75 Å². The SMILES string of the molecule is COc1ccccc1[C@H]1C2=C(C[C@@H](c3ccco3)CC2=O)Nc2ncnn21. The number of carbonyl (C=O) groups is 1. The van der Waals surface area contributed by atoms with E-state index >= 15 is 0 Å². The second-order valence-corrected chi connectivity index (χ2v) is 6.73. The predicted octanol–water partition coefficient (Wildman–Crippen LogP) is 3.30. The summed E-state index contributed by atoms with van der Waals surface area (Å²) in [4.78, 5) is 17.5. The van der Waals surface area contributed by atoms with E-state index in [9.17, 15) is 4.79 Å². The zero-order valence-corrected chi connectivity index (χ0v) is 14.8. The van der Waals surface area contributed by atoms with Crippen LogP contribution in [0.4, 0.5) is 5.95 Å². The standard InChI is InChI=1S/C20H18N4O3/c1-26-17-6-3-2-5-13(17)19-18-14(23-20-21-11-22-24(19)20)9-12(10-15(18)25)16-7-4-8-27-16/h2-8,11-12,19H,9-10H2,1H3,(H,21,22,23)/t12-,19+/m1/s1. The number of fused-ring (bicyclic) bond motifs is 1. The van der Waals surface area contributed by atoms with Gasteiger partial charge < -0.3 is 14.5 Å². The van der Waals surface area contributed by atoms with Crippen LogP contribution in [0.25, 0.3) is 0 Å². The molecule has 0 amide bonds. The number of anilines is 1. The highest BCUT2D eigenvalue weighted by Crippen LogP contribution is 2.45. The van der Waals surface area contributed by atoms with E-state index < -0.39 is 0 Å². The Morgan fingerprint density at radius 1 is 1.22 bits per heavy atom. The summed E-state index contributed by atoms with van der Waals surface area (Å²) < 4.78 is 12.9. The van der Waals surface area contributed by atoms with Gasteiger partial charge in [-0.1, -0.05) is 18.2 Å². The van der Waals surface area contributed by atoms with Crippen molar-refractivity contribution < 1.29 is 13.9 Å². The van der Waals surface area contributed by atoms with E-state index in [2.05, 4.69) is 15.4 Å². The Morgan fingerprint density at radius 3 is 2.93 bits per heavy atom. The number of allylic oxidation sites excluding steroid dienone is 2. The molecule has 1 aliphatic heterocycles. The van der Waals surface area contributed by atoms with Crippen LogP contribution in [-0.2, 0) is 4.79 Å². The van der Waals surface area contributed by atoms with Gasteiger partial charge in [0.25, 0.3) is 0 Å². The van der Waals surface area contributed by atoms with E-state index in [0.29, 0.717) is 18.8 Å². The van der Waals surface area contributed by atoms with Crippen LogP contribution in [0.15, 0.2) is 64.7 Å². The number of para-hydroxylation sites is 1. The van der Waals surface area contributed by atoms with Crippen LogP contribution in [0.1, 0.15) is 36.1 Å². The van der Waals surface area contributed by atoms with Crippen molar-refractivity contribution in [2.24, 2.45) is 0 Å². The minimum atomic E-state index is -0.361. The lowest BCUT2D eigenvalue weighted by Crippen LogP contribution is -2.33. The number of ether oxygens (including phenoxy) is 1. The molecule has 7 nitrogen and oxygen atoms in total. The number of nitrogens with one attached hydrogen (secondary N) is 1. The van der Waals surface area contributed by atoms with Gasteiger partial charge in [0.2, 0.25) is 5.95 Å². The van der Waals surface area contributed by atoms with Crippen LogP contribution in [-0.4, -0.2) is 27.7 Å². The summed E-state index contributed by atoms with van der Waals surface area (Å²) in [7, 11) is 1.63. The van der Waals surface area contributed by atoms with Crippen LogP contribution in [0.5, 0.6) is 5.75 Å². The molecule has 1 aliphatic carbocycles. The predicted molar refractivity (Wildman–Crippen MR) is 97.5 cm³/mol. The molecule has 3 aromatic rings. The molecule has 0 saturated carbocycles. The molecule has 1 aromatic carbocycles. The monoisotopic (exact) mass is 362 g/mol. The molecule has 7 heteroatoms. The summed E-state index contributed by atoms with van der Waals surface area (Å²) in [6.07, 6.45) is 4.24. The smallest absolute Gasteiger partial charge is 0.226 e. The van der Waals surface area contributed by atoms with Crippen LogP contribution in [0, 0.1) is 0 Å². The molecule has 3 heterocycles. The summed E-state index contributed by atoms with van der Waals surface area (Å²) in [5.74, 6) is 2.28. The number of furan rings is 1. The third-order valence-corrected chi connectivity index (χ3v) is 5.24. The molecule has 2 aromatic heterocycles. The fraction of sp³-hybridized carbons (Fsp3) is 0.250. The number of hydrogen-bond acceptors (Lipinski definition) is 6. The molecule has 5 rings (SSSR count). The average molecular weight is 362 g/mol. The van der Waals surface area contributed by atoms with Gasteiger partial charge in [0.1, 0.15) is 23.9 Å². The van der Waals surface area contributed by atoms with Crippen LogP contribution < -0.4 is 10.1 Å². The summed E-state index contributed by atoms with van der Waals surface area (Å²) in [5, 5.41) is 7.67. The van der Waals surface area contributed by atoms with Crippen LogP contribution in [0.3, 0.4) is 0 Å². The van der Waals surface area contributed by atoms with Gasteiger partial charge in [0.15, 0.2) is 5.78 Å². The molecule has 0 spiro atoms. The highest BCUT2D eigenvalue weighted by atomic mass is 16.5. The highest BCUT2D eigenvalue weighted by molar-refractivity contribution is 6.00. The van der Waals surface area contributed by atoms with Gasteiger partial charge in [-0.25, -0.2) is 4.68 Å². The summed E-state index contributed by atoms with van der Waals surface area (Å²) in [6.45, 7) is 0. The molecule has 27 heavy (non-hydrogen) atoms. The minimum Gasteiger partial charge on any atom is -0.496 e. The quantitative estimate of drug-likeness (QED) is 0.770. The molecule has 0 unspecified atom stereocenters. The molecule has 0 fully saturated rings. The third-order valence-electron chi connectivity index (χ3n) is 5.24. The van der Waals surface area contributed by atoms with Crippen molar-refractivity contribution in [2.75, 3.05) is 12.4 Å². The summed E-state index contributed by atoms with van der Waals surface area (Å²) >= 11 is 0. The van der Waals surface area contributed by atoms with Crippen molar-refractivity contribution >= 4 is 11.7 Å². The number of carbonyl (C=O) groups excluding carboxylic acids is 1. The fourth-order valence-corrected chi connectivity index (χ4v) is 4.06. The first-order valence-electron chi connectivity index (χ1n) is 8.85. The van der Waals surface area contributed by atoms with Gasteiger partial charge in [0, 0.05) is 29.2 Å². The first-order chi connectivity index (χ1) is 13.3. The van der Waals surface area contributed by atoms with E-state index in [4.69, 9.17) is 9.15 Å². The number of aromatic nitrogens is 3. The van der Waals surface area contributed by atoms with Gasteiger partial charge >= 0.3 is 0 Å². The number of nitrogens with zero attached hydrogens (tertiary/aromatic N) is 3. The number of ketones is 1. The van der Waals surface area contributed by atoms with Crippen molar-refractivity contribution in [2.45, 2.75) is 24.8 Å². The first kappa shape index (κ1) is 15.9. The molecule has 2 atom stereocenters. The number of methoxy groups -OCH3 is 1. The van der Waals surface area contributed by atoms with Gasteiger partial charge in [0.05, 0.1) is 13.4 Å². The van der Waals surface area contributed by atoms with E-state index in [1.165, 1.54) is 6.33 Å². The van der Waals surface area contributed by atoms with Crippen LogP contribution >= 0.6 is 0 Å². The molecule has 2 aliphatic rings. The molecular weight excluding hydrogens is 344 g/mol. The highest BCUT2D eigenvalue weighted by Gasteiger charge is 2.40. The number of Topliss-reactive ketones (excluding diaryl/α,β-unsaturated/α-hetero) is 1. The van der Waals surface area contributed by atoms with E-state index in [1.807, 2.05) is 36.4 Å². The van der Waals surface area contributed by atoms with Crippen LogP contribution in [0.2, 0.25) is 0 Å². The lowest BCUT2D eigenvalue weighted by atomic mass is 9.79. The Balaban J connectivity index is 1.65. The average Bonchev–Trinajstić information content (AvgIpc) is 3.38. The van der Waals surface area contributed by atoms with Gasteiger partial charge in [-0.2, -0.15) is 10.1 Å². The molecular formula is C20H18N4O3. The van der Waals surface area contributed by atoms with Gasteiger partial charge in [-0.05, 0) is 24.6 Å². The minimum absolute atomic E-state index is 0.0199. The van der Waals surface area contributed by atoms with Crippen molar-refractivity contribution in [3.63, 3.8) is 0 Å². The number of benzene rings is 1. The van der Waals surface area contributed by atoms with Crippen molar-refractivity contribution in [3.05, 3.63) is 71.6 Å². The maximum atomic E-state index is 13.2. The lowest BCUT2D eigenvalue weighted by molar-refractivity contribution is -0.117. The Labute approximate surface area is 155 Å². The Morgan fingerprint density at radius 2 is 2.11 bits per heavy atom. The second kappa shape index (κ2) is 6.12. The zero-order valence-electron chi connectivity index (χ0n) is 14.8. The first-order valence-corrected chi connectivity index (χ1v) is 8.85. The second-order valence-electron chi connectivity index (χ2n) is 6.73. The van der Waals surface area contributed by atoms with Gasteiger partial charge in [-0.15, -0.1) is 0 Å². The number of hydrogen-bond donors (Lipinski definition) is 1. The topological polar surface area (TPSA) is 82.2 Å². The zero-order chi connectivity index (χ0) is 18.4. The Hall–Kier alpha value is -3.35. The summed E-state index contributed by atoms with van der Waals surface area (Å²) in [6, 6.07) is 11.1. The van der Waals surface area contributed by atoms with Crippen molar-refractivity contribution in [1.82, 2.24) is 14.8 Å². The molecule has 0 bridgehead atoms. The Kier molecular flexibility index (Phi) is 3.60.